The second-order valence-corrected chi connectivity index (χ2v) is 3.72. The Kier molecular flexibility index (Phi) is 3.69. The number of alkyl halides is 1. The zero-order valence-electron chi connectivity index (χ0n) is 9.24. The van der Waals surface area contributed by atoms with Gasteiger partial charge in [0.2, 0.25) is 0 Å². The molecule has 3 nitrogen and oxygen atoms in total. The van der Waals surface area contributed by atoms with Gasteiger partial charge in [0.05, 0.1) is 0 Å². The molecule has 0 heterocycles. The molecule has 0 saturated carbocycles. The molecule has 2 unspecified atom stereocenters. The standard InChI is InChI=1S/C12H11F3N2O/c13-8-3-1-2-4-11(8)18-7-5-9(14)12(17-16)10(15)6-7/h1-6,9,12,17H,16H2. The molecule has 2 rings (SSSR count). The molecule has 0 radical (unpaired) electrons. The summed E-state index contributed by atoms with van der Waals surface area (Å²) in [5.41, 5.74) is 2.01. The molecule has 18 heavy (non-hydrogen) atoms. The van der Waals surface area contributed by atoms with Crippen molar-refractivity contribution in [3.05, 3.63) is 53.8 Å². The Labute approximate surface area is 102 Å². The van der Waals surface area contributed by atoms with Crippen LogP contribution in [0, 0.1) is 5.82 Å². The van der Waals surface area contributed by atoms with Gasteiger partial charge in [-0.05, 0) is 18.2 Å². The zero-order valence-corrected chi connectivity index (χ0v) is 9.24. The van der Waals surface area contributed by atoms with Crippen LogP contribution in [0.1, 0.15) is 0 Å². The first-order valence-electron chi connectivity index (χ1n) is 5.23. The molecule has 0 aromatic heterocycles. The fourth-order valence-electron chi connectivity index (χ4n) is 1.57. The summed E-state index contributed by atoms with van der Waals surface area (Å²) in [4.78, 5) is 0. The molecule has 96 valence electrons. The lowest BCUT2D eigenvalue weighted by molar-refractivity contribution is 0.280. The second kappa shape index (κ2) is 5.24. The predicted octanol–water partition coefficient (Wildman–Crippen LogP) is 2.13. The van der Waals surface area contributed by atoms with Gasteiger partial charge in [0.1, 0.15) is 23.8 Å². The van der Waals surface area contributed by atoms with Crippen molar-refractivity contribution in [3.63, 3.8) is 0 Å². The first-order chi connectivity index (χ1) is 8.61. The Balaban J connectivity index is 2.19. The minimum atomic E-state index is -1.68. The molecule has 1 aliphatic rings. The molecule has 0 amide bonds. The number of halogens is 3. The van der Waals surface area contributed by atoms with Crippen LogP contribution in [0.3, 0.4) is 0 Å². The number of benzene rings is 1. The van der Waals surface area contributed by atoms with Crippen molar-refractivity contribution in [1.29, 1.82) is 0 Å². The van der Waals surface area contributed by atoms with Crippen LogP contribution >= 0.6 is 0 Å². The van der Waals surface area contributed by atoms with E-state index < -0.39 is 23.9 Å². The Morgan fingerprint density at radius 3 is 2.56 bits per heavy atom. The molecule has 0 bridgehead atoms. The third-order valence-corrected chi connectivity index (χ3v) is 2.46. The molecule has 0 spiro atoms. The zero-order chi connectivity index (χ0) is 13.1. The molecule has 0 saturated heterocycles. The third-order valence-electron chi connectivity index (χ3n) is 2.46. The van der Waals surface area contributed by atoms with Gasteiger partial charge in [0.25, 0.3) is 0 Å². The molecule has 3 N–H and O–H groups in total. The van der Waals surface area contributed by atoms with Crippen LogP contribution in [0.2, 0.25) is 0 Å². The Bertz CT molecular complexity index is 502. The summed E-state index contributed by atoms with van der Waals surface area (Å²) in [6.07, 6.45) is 0.314. The predicted molar refractivity (Wildman–Crippen MR) is 60.3 cm³/mol. The van der Waals surface area contributed by atoms with Crippen molar-refractivity contribution in [2.45, 2.75) is 12.2 Å². The van der Waals surface area contributed by atoms with E-state index in [2.05, 4.69) is 0 Å². The normalized spacial score (nSPS) is 23.3. The van der Waals surface area contributed by atoms with E-state index in [1.807, 2.05) is 5.43 Å². The number of ether oxygens (including phenoxy) is 1. The number of hydrogen-bond donors (Lipinski definition) is 2. The Morgan fingerprint density at radius 1 is 1.22 bits per heavy atom. The average molecular weight is 256 g/mol. The maximum atomic E-state index is 13.5. The Hall–Kier alpha value is -1.79. The number of nitrogens with two attached hydrogens (primary N) is 1. The summed E-state index contributed by atoms with van der Waals surface area (Å²) < 4.78 is 45.3. The first kappa shape index (κ1) is 12.7. The highest BCUT2D eigenvalue weighted by Crippen LogP contribution is 2.25. The van der Waals surface area contributed by atoms with Crippen molar-refractivity contribution in [1.82, 2.24) is 5.43 Å². The molecule has 0 fully saturated rings. The van der Waals surface area contributed by atoms with Crippen molar-refractivity contribution >= 4 is 0 Å². The number of nitrogens with one attached hydrogen (secondary N) is 1. The summed E-state index contributed by atoms with van der Waals surface area (Å²) in [5.74, 6) is 3.39. The quantitative estimate of drug-likeness (QED) is 0.643. The summed E-state index contributed by atoms with van der Waals surface area (Å²) in [7, 11) is 0. The lowest BCUT2D eigenvalue weighted by Crippen LogP contribution is -2.43. The van der Waals surface area contributed by atoms with E-state index in [4.69, 9.17) is 10.6 Å². The van der Waals surface area contributed by atoms with E-state index in [1.54, 1.807) is 6.07 Å². The van der Waals surface area contributed by atoms with Gasteiger partial charge in [0, 0.05) is 6.08 Å². The highest BCUT2D eigenvalue weighted by Gasteiger charge is 2.27. The van der Waals surface area contributed by atoms with Gasteiger partial charge in [-0.25, -0.2) is 18.6 Å². The SMILES string of the molecule is NNC1C(F)=CC(Oc2ccccc2F)=CC1F. The van der Waals surface area contributed by atoms with Gasteiger partial charge in [-0.2, -0.15) is 0 Å². The van der Waals surface area contributed by atoms with E-state index in [1.165, 1.54) is 18.2 Å². The molecular formula is C12H11F3N2O. The largest absolute Gasteiger partial charge is 0.454 e. The third kappa shape index (κ3) is 2.55. The van der Waals surface area contributed by atoms with E-state index in [9.17, 15) is 13.2 Å². The molecular weight excluding hydrogens is 245 g/mol. The van der Waals surface area contributed by atoms with Crippen LogP contribution < -0.4 is 16.0 Å². The molecule has 6 heteroatoms. The topological polar surface area (TPSA) is 47.3 Å². The van der Waals surface area contributed by atoms with Gasteiger partial charge >= 0.3 is 0 Å². The van der Waals surface area contributed by atoms with Gasteiger partial charge in [-0.15, -0.1) is 0 Å². The smallest absolute Gasteiger partial charge is 0.165 e. The van der Waals surface area contributed by atoms with Crippen LogP contribution in [-0.2, 0) is 0 Å². The highest BCUT2D eigenvalue weighted by atomic mass is 19.1. The lowest BCUT2D eigenvalue weighted by Gasteiger charge is -2.21. The van der Waals surface area contributed by atoms with E-state index in [0.717, 1.165) is 12.2 Å². The summed E-state index contributed by atoms with van der Waals surface area (Å²) >= 11 is 0. The number of hydrazine groups is 1. The molecule has 0 aliphatic heterocycles. The van der Waals surface area contributed by atoms with E-state index in [-0.39, 0.29) is 11.5 Å². The number of allylic oxidation sites excluding steroid dienone is 1. The van der Waals surface area contributed by atoms with Crippen molar-refractivity contribution in [2.75, 3.05) is 0 Å². The number of hydrogen-bond acceptors (Lipinski definition) is 3. The van der Waals surface area contributed by atoms with Crippen molar-refractivity contribution < 1.29 is 17.9 Å². The minimum Gasteiger partial charge on any atom is -0.454 e. The van der Waals surface area contributed by atoms with Crippen LogP contribution in [0.15, 0.2) is 48.0 Å². The monoisotopic (exact) mass is 256 g/mol. The van der Waals surface area contributed by atoms with E-state index >= 15 is 0 Å². The maximum absolute atomic E-state index is 13.5. The van der Waals surface area contributed by atoms with E-state index in [0.29, 0.717) is 0 Å². The lowest BCUT2D eigenvalue weighted by atomic mass is 10.1. The number of rotatable bonds is 3. The van der Waals surface area contributed by atoms with Crippen LogP contribution in [-0.4, -0.2) is 12.2 Å². The molecule has 1 aromatic carbocycles. The summed E-state index contributed by atoms with van der Waals surface area (Å²) in [6.45, 7) is 0. The van der Waals surface area contributed by atoms with Crippen LogP contribution in [0.5, 0.6) is 5.75 Å². The van der Waals surface area contributed by atoms with Crippen molar-refractivity contribution in [3.8, 4) is 5.75 Å². The fourth-order valence-corrected chi connectivity index (χ4v) is 1.57. The molecule has 1 aromatic rings. The Morgan fingerprint density at radius 2 is 1.94 bits per heavy atom. The molecule has 1 aliphatic carbocycles. The minimum absolute atomic E-state index is 0.0980. The first-order valence-corrected chi connectivity index (χ1v) is 5.23. The number of para-hydroxylation sites is 1. The van der Waals surface area contributed by atoms with Gasteiger partial charge in [-0.3, -0.25) is 5.84 Å². The maximum Gasteiger partial charge on any atom is 0.165 e. The summed E-state index contributed by atoms with van der Waals surface area (Å²) in [6, 6.07) is 4.36. The fraction of sp³-hybridized carbons (Fsp3) is 0.167. The van der Waals surface area contributed by atoms with Crippen LogP contribution in [0.25, 0.3) is 0 Å². The second-order valence-electron chi connectivity index (χ2n) is 3.72. The highest BCUT2D eigenvalue weighted by molar-refractivity contribution is 5.33. The van der Waals surface area contributed by atoms with Gasteiger partial charge < -0.3 is 4.74 Å². The van der Waals surface area contributed by atoms with Crippen molar-refractivity contribution in [2.24, 2.45) is 5.84 Å². The average Bonchev–Trinajstić information content (AvgIpc) is 2.32. The molecule has 2 atom stereocenters. The van der Waals surface area contributed by atoms with Crippen LogP contribution in [0.4, 0.5) is 13.2 Å². The van der Waals surface area contributed by atoms with Gasteiger partial charge in [-0.1, -0.05) is 12.1 Å². The van der Waals surface area contributed by atoms with Gasteiger partial charge in [0.15, 0.2) is 11.6 Å². The summed E-state index contributed by atoms with van der Waals surface area (Å²) in [5, 5.41) is 0.